The van der Waals surface area contributed by atoms with Crippen molar-refractivity contribution in [3.8, 4) is 0 Å². The summed E-state index contributed by atoms with van der Waals surface area (Å²) in [5.74, 6) is 0. The normalized spacial score (nSPS) is 13.4. The number of hydrogen-bond donors (Lipinski definition) is 1. The molecule has 0 bridgehead atoms. The Morgan fingerprint density at radius 2 is 1.85 bits per heavy atom. The second kappa shape index (κ2) is 6.10. The molecule has 0 saturated carbocycles. The minimum absolute atomic E-state index is 0.694. The summed E-state index contributed by atoms with van der Waals surface area (Å²) in [4.78, 5) is 0. The Morgan fingerprint density at radius 1 is 1.00 bits per heavy atom. The van der Waals surface area contributed by atoms with Crippen molar-refractivity contribution in [3.63, 3.8) is 0 Å². The fourth-order valence-corrected chi connectivity index (χ4v) is 2.85. The number of rotatable bonds is 5. The van der Waals surface area contributed by atoms with Crippen LogP contribution >= 0.6 is 0 Å². The maximum atomic E-state index is 5.92. The van der Waals surface area contributed by atoms with Gasteiger partial charge in [-0.1, -0.05) is 36.4 Å². The molecule has 1 aliphatic carbocycles. The van der Waals surface area contributed by atoms with Gasteiger partial charge >= 0.3 is 0 Å². The van der Waals surface area contributed by atoms with E-state index in [0.717, 1.165) is 12.1 Å². The maximum Gasteiger partial charge on any atom is 0.0717 e. The van der Waals surface area contributed by atoms with Gasteiger partial charge in [0.15, 0.2) is 0 Å². The van der Waals surface area contributed by atoms with Crippen LogP contribution < -0.4 is 5.73 Å². The highest BCUT2D eigenvalue weighted by Gasteiger charge is 2.10. The molecule has 0 fully saturated rings. The number of hydrogen-bond acceptors (Lipinski definition) is 2. The molecule has 0 unspecified atom stereocenters. The van der Waals surface area contributed by atoms with Crippen LogP contribution in [0, 0.1) is 0 Å². The molecule has 104 valence electrons. The molecule has 2 heteroatoms. The monoisotopic (exact) mass is 267 g/mol. The van der Waals surface area contributed by atoms with Gasteiger partial charge in [-0.3, -0.25) is 0 Å². The Hall–Kier alpha value is -1.80. The first kappa shape index (κ1) is 13.2. The van der Waals surface area contributed by atoms with E-state index in [1.807, 2.05) is 18.2 Å². The smallest absolute Gasteiger partial charge is 0.0717 e. The van der Waals surface area contributed by atoms with Gasteiger partial charge < -0.3 is 10.5 Å². The van der Waals surface area contributed by atoms with Crippen LogP contribution in [0.5, 0.6) is 0 Å². The van der Waals surface area contributed by atoms with Gasteiger partial charge in [-0.05, 0) is 54.0 Å². The quantitative estimate of drug-likeness (QED) is 0.664. The van der Waals surface area contributed by atoms with E-state index in [1.54, 1.807) is 0 Å². The third-order valence-electron chi connectivity index (χ3n) is 4.00. The molecule has 0 radical (unpaired) electrons. The van der Waals surface area contributed by atoms with Crippen molar-refractivity contribution in [2.45, 2.75) is 32.3 Å². The molecule has 0 aliphatic heterocycles. The summed E-state index contributed by atoms with van der Waals surface area (Å²) >= 11 is 0. The van der Waals surface area contributed by atoms with Crippen LogP contribution in [-0.4, -0.2) is 6.61 Å². The van der Waals surface area contributed by atoms with Gasteiger partial charge in [0.05, 0.1) is 13.2 Å². The third-order valence-corrected chi connectivity index (χ3v) is 4.00. The molecule has 2 aromatic carbocycles. The van der Waals surface area contributed by atoms with Gasteiger partial charge in [0.25, 0.3) is 0 Å². The molecule has 1 aliphatic rings. The van der Waals surface area contributed by atoms with Gasteiger partial charge in [0, 0.05) is 5.69 Å². The topological polar surface area (TPSA) is 35.2 Å². The first-order valence-electron chi connectivity index (χ1n) is 7.35. The van der Waals surface area contributed by atoms with Gasteiger partial charge in [-0.25, -0.2) is 0 Å². The highest BCUT2D eigenvalue weighted by atomic mass is 16.5. The molecule has 0 aromatic heterocycles. The number of para-hydroxylation sites is 1. The van der Waals surface area contributed by atoms with Crippen molar-refractivity contribution in [1.82, 2.24) is 0 Å². The van der Waals surface area contributed by atoms with Crippen LogP contribution in [0.4, 0.5) is 5.69 Å². The molecule has 0 saturated heterocycles. The number of ether oxygens (including phenoxy) is 1. The summed E-state index contributed by atoms with van der Waals surface area (Å²) in [5, 5.41) is 0. The molecule has 0 spiro atoms. The van der Waals surface area contributed by atoms with Gasteiger partial charge in [-0.2, -0.15) is 0 Å². The fourth-order valence-electron chi connectivity index (χ4n) is 2.85. The summed E-state index contributed by atoms with van der Waals surface area (Å²) in [6.07, 6.45) is 4.64. The average Bonchev–Trinajstić information content (AvgIpc) is 2.93. The van der Waals surface area contributed by atoms with Crippen molar-refractivity contribution in [1.29, 1.82) is 0 Å². The zero-order valence-corrected chi connectivity index (χ0v) is 11.8. The number of nitrogen functional groups attached to an aromatic ring is 1. The first-order chi connectivity index (χ1) is 9.83. The summed E-state index contributed by atoms with van der Waals surface area (Å²) in [6, 6.07) is 14.7. The maximum absolute atomic E-state index is 5.92. The van der Waals surface area contributed by atoms with Crippen LogP contribution in [0.15, 0.2) is 42.5 Å². The highest BCUT2D eigenvalue weighted by Crippen LogP contribution is 2.23. The van der Waals surface area contributed by atoms with Crippen molar-refractivity contribution in [3.05, 3.63) is 64.7 Å². The standard InChI is InChI=1S/C18H21NO/c19-18-7-2-1-4-16(18)10-11-20-13-14-8-9-15-5-3-6-17(15)12-14/h1-2,4,7-9,12H,3,5-6,10-11,13,19H2. The molecular formula is C18H21NO. The predicted molar refractivity (Wildman–Crippen MR) is 82.7 cm³/mol. The van der Waals surface area contributed by atoms with Crippen molar-refractivity contribution >= 4 is 5.69 Å². The summed E-state index contributed by atoms with van der Waals surface area (Å²) in [7, 11) is 0. The zero-order valence-electron chi connectivity index (χ0n) is 11.8. The number of fused-ring (bicyclic) bond motifs is 1. The average molecular weight is 267 g/mol. The molecular weight excluding hydrogens is 246 g/mol. The van der Waals surface area contributed by atoms with E-state index in [0.29, 0.717) is 13.2 Å². The van der Waals surface area contributed by atoms with Gasteiger partial charge in [0.1, 0.15) is 0 Å². The molecule has 20 heavy (non-hydrogen) atoms. The second-order valence-electron chi connectivity index (χ2n) is 5.46. The summed E-state index contributed by atoms with van der Waals surface area (Å²) in [6.45, 7) is 1.41. The van der Waals surface area contributed by atoms with Gasteiger partial charge in [-0.15, -0.1) is 0 Å². The van der Waals surface area contributed by atoms with E-state index in [-0.39, 0.29) is 0 Å². The fraction of sp³-hybridized carbons (Fsp3) is 0.333. The SMILES string of the molecule is Nc1ccccc1CCOCc1ccc2c(c1)CCC2. The van der Waals surface area contributed by atoms with E-state index >= 15 is 0 Å². The van der Waals surface area contributed by atoms with Crippen molar-refractivity contribution in [2.75, 3.05) is 12.3 Å². The van der Waals surface area contributed by atoms with E-state index in [1.165, 1.54) is 41.5 Å². The lowest BCUT2D eigenvalue weighted by molar-refractivity contribution is 0.124. The Balaban J connectivity index is 1.49. The lowest BCUT2D eigenvalue weighted by Gasteiger charge is -2.08. The molecule has 2 aromatic rings. The molecule has 0 atom stereocenters. The minimum Gasteiger partial charge on any atom is -0.399 e. The lowest BCUT2D eigenvalue weighted by Crippen LogP contribution is -2.02. The first-order valence-corrected chi connectivity index (χ1v) is 7.35. The number of nitrogens with two attached hydrogens (primary N) is 1. The van der Waals surface area contributed by atoms with Gasteiger partial charge in [0.2, 0.25) is 0 Å². The number of aryl methyl sites for hydroxylation is 2. The Kier molecular flexibility index (Phi) is 4.03. The molecule has 0 heterocycles. The predicted octanol–water partition coefficient (Wildman–Crippen LogP) is 3.52. The second-order valence-corrected chi connectivity index (χ2v) is 5.46. The summed E-state index contributed by atoms with van der Waals surface area (Å²) < 4.78 is 5.78. The number of anilines is 1. The third kappa shape index (κ3) is 3.02. The summed E-state index contributed by atoms with van der Waals surface area (Å²) in [5.41, 5.74) is 12.3. The Labute approximate surface area is 120 Å². The number of benzene rings is 2. The van der Waals surface area contributed by atoms with E-state index < -0.39 is 0 Å². The lowest BCUT2D eigenvalue weighted by atomic mass is 10.1. The van der Waals surface area contributed by atoms with Crippen LogP contribution in [0.2, 0.25) is 0 Å². The Bertz CT molecular complexity index is 592. The molecule has 2 nitrogen and oxygen atoms in total. The largest absolute Gasteiger partial charge is 0.399 e. The van der Waals surface area contributed by atoms with E-state index in [2.05, 4.69) is 24.3 Å². The van der Waals surface area contributed by atoms with E-state index in [4.69, 9.17) is 10.5 Å². The molecule has 0 amide bonds. The Morgan fingerprint density at radius 3 is 2.75 bits per heavy atom. The highest BCUT2D eigenvalue weighted by molar-refractivity contribution is 5.46. The molecule has 2 N–H and O–H groups in total. The molecule has 3 rings (SSSR count). The van der Waals surface area contributed by atoms with Crippen LogP contribution in [0.1, 0.15) is 28.7 Å². The zero-order chi connectivity index (χ0) is 13.8. The minimum atomic E-state index is 0.694. The van der Waals surface area contributed by atoms with E-state index in [9.17, 15) is 0 Å². The van der Waals surface area contributed by atoms with Crippen molar-refractivity contribution < 1.29 is 4.74 Å². The van der Waals surface area contributed by atoms with Crippen LogP contribution in [0.25, 0.3) is 0 Å². The van der Waals surface area contributed by atoms with Crippen LogP contribution in [-0.2, 0) is 30.6 Å². The van der Waals surface area contributed by atoms with Crippen LogP contribution in [0.3, 0.4) is 0 Å². The van der Waals surface area contributed by atoms with Crippen molar-refractivity contribution in [2.24, 2.45) is 0 Å².